The molecule has 3 aromatic carbocycles. The Balaban J connectivity index is 1.18. The van der Waals surface area contributed by atoms with Crippen molar-refractivity contribution in [1.82, 2.24) is 19.9 Å². The zero-order chi connectivity index (χ0) is 24.0. The number of amides is 1. The van der Waals surface area contributed by atoms with E-state index in [2.05, 4.69) is 20.4 Å². The first kappa shape index (κ1) is 22.6. The summed E-state index contributed by atoms with van der Waals surface area (Å²) in [7, 11) is 1.63. The van der Waals surface area contributed by atoms with Gasteiger partial charge in [0.15, 0.2) is 0 Å². The molecule has 1 aliphatic rings. The first-order valence-corrected chi connectivity index (χ1v) is 11.6. The number of rotatable bonds is 7. The fourth-order valence-electron chi connectivity index (χ4n) is 4.10. The lowest BCUT2D eigenvalue weighted by Gasteiger charge is -2.34. The molecule has 4 aromatic rings. The standard InChI is InChI=1S/C27H27N5O3/c1-34-22-13-11-20(12-14-22)26-29-25(35-30-26)19-31-15-17-32(18-16-31)27(33)23-9-5-6-10-24(23)28-21-7-3-2-4-8-21/h2-14,28H,15-19H2,1H3. The molecule has 0 bridgehead atoms. The van der Waals surface area contributed by atoms with Gasteiger partial charge in [-0.25, -0.2) is 0 Å². The topological polar surface area (TPSA) is 83.7 Å². The molecular formula is C27H27N5O3. The van der Waals surface area contributed by atoms with Crippen LogP contribution in [-0.4, -0.2) is 59.1 Å². The zero-order valence-corrected chi connectivity index (χ0v) is 19.6. The number of aromatic nitrogens is 2. The molecule has 178 valence electrons. The maximum atomic E-state index is 13.3. The Kier molecular flexibility index (Phi) is 6.72. The fourth-order valence-corrected chi connectivity index (χ4v) is 4.10. The molecule has 0 spiro atoms. The molecule has 5 rings (SSSR count). The number of carbonyl (C=O) groups is 1. The van der Waals surface area contributed by atoms with Gasteiger partial charge in [-0.3, -0.25) is 9.69 Å². The molecule has 1 aromatic heterocycles. The minimum absolute atomic E-state index is 0.0308. The van der Waals surface area contributed by atoms with E-state index >= 15 is 0 Å². The molecule has 35 heavy (non-hydrogen) atoms. The molecule has 0 radical (unpaired) electrons. The normalized spacial score (nSPS) is 14.0. The Morgan fingerprint density at radius 1 is 0.943 bits per heavy atom. The number of benzene rings is 3. The average Bonchev–Trinajstić information content (AvgIpc) is 3.38. The smallest absolute Gasteiger partial charge is 0.256 e. The predicted molar refractivity (Wildman–Crippen MR) is 134 cm³/mol. The zero-order valence-electron chi connectivity index (χ0n) is 19.6. The van der Waals surface area contributed by atoms with Gasteiger partial charge >= 0.3 is 0 Å². The number of hydrogen-bond donors (Lipinski definition) is 1. The second-order valence-corrected chi connectivity index (χ2v) is 8.35. The van der Waals surface area contributed by atoms with Crippen LogP contribution in [0.15, 0.2) is 83.4 Å². The summed E-state index contributed by atoms with van der Waals surface area (Å²) in [5.41, 5.74) is 3.30. The molecule has 8 nitrogen and oxygen atoms in total. The molecule has 1 saturated heterocycles. The van der Waals surface area contributed by atoms with Gasteiger partial charge in [-0.2, -0.15) is 4.98 Å². The van der Waals surface area contributed by atoms with E-state index in [0.29, 0.717) is 36.9 Å². The van der Waals surface area contributed by atoms with Gasteiger partial charge in [0.1, 0.15) is 5.75 Å². The molecule has 2 heterocycles. The Labute approximate surface area is 204 Å². The lowest BCUT2D eigenvalue weighted by atomic mass is 10.1. The van der Waals surface area contributed by atoms with Crippen LogP contribution in [0.1, 0.15) is 16.2 Å². The highest BCUT2D eigenvalue weighted by atomic mass is 16.5. The minimum Gasteiger partial charge on any atom is -0.497 e. The van der Waals surface area contributed by atoms with Gasteiger partial charge in [0.25, 0.3) is 5.91 Å². The summed E-state index contributed by atoms with van der Waals surface area (Å²) in [5.74, 6) is 1.93. The number of nitrogens with zero attached hydrogens (tertiary/aromatic N) is 4. The molecule has 1 aliphatic heterocycles. The first-order chi connectivity index (χ1) is 17.2. The van der Waals surface area contributed by atoms with Crippen molar-refractivity contribution in [3.05, 3.63) is 90.3 Å². The van der Waals surface area contributed by atoms with Crippen LogP contribution in [0.5, 0.6) is 5.75 Å². The molecule has 0 atom stereocenters. The highest BCUT2D eigenvalue weighted by molar-refractivity contribution is 6.00. The monoisotopic (exact) mass is 469 g/mol. The summed E-state index contributed by atoms with van der Waals surface area (Å²) in [6, 6.07) is 25.1. The number of piperazine rings is 1. The van der Waals surface area contributed by atoms with Crippen molar-refractivity contribution in [1.29, 1.82) is 0 Å². The number of para-hydroxylation sites is 2. The van der Waals surface area contributed by atoms with E-state index in [-0.39, 0.29) is 5.91 Å². The Bertz CT molecular complexity index is 1270. The summed E-state index contributed by atoms with van der Waals surface area (Å²) in [5, 5.41) is 7.47. The lowest BCUT2D eigenvalue weighted by Crippen LogP contribution is -2.48. The van der Waals surface area contributed by atoms with Gasteiger partial charge in [-0.15, -0.1) is 0 Å². The van der Waals surface area contributed by atoms with Crippen molar-refractivity contribution in [2.75, 3.05) is 38.6 Å². The molecule has 0 aliphatic carbocycles. The van der Waals surface area contributed by atoms with E-state index in [1.165, 1.54) is 0 Å². The molecule has 0 unspecified atom stereocenters. The first-order valence-electron chi connectivity index (χ1n) is 11.6. The van der Waals surface area contributed by atoms with Crippen molar-refractivity contribution in [3.8, 4) is 17.1 Å². The van der Waals surface area contributed by atoms with Gasteiger partial charge in [0.05, 0.1) is 24.9 Å². The number of ether oxygens (including phenoxy) is 1. The Morgan fingerprint density at radius 2 is 1.66 bits per heavy atom. The van der Waals surface area contributed by atoms with E-state index in [9.17, 15) is 4.79 Å². The van der Waals surface area contributed by atoms with Gasteiger partial charge in [0, 0.05) is 37.4 Å². The number of anilines is 2. The van der Waals surface area contributed by atoms with Crippen molar-refractivity contribution >= 4 is 17.3 Å². The SMILES string of the molecule is COc1ccc(-c2noc(CN3CCN(C(=O)c4ccccc4Nc4ccccc4)CC3)n2)cc1. The molecule has 1 N–H and O–H groups in total. The van der Waals surface area contributed by atoms with Crippen molar-refractivity contribution in [3.63, 3.8) is 0 Å². The quantitative estimate of drug-likeness (QED) is 0.428. The van der Waals surface area contributed by atoms with Crippen LogP contribution in [0.3, 0.4) is 0 Å². The predicted octanol–water partition coefficient (Wildman–Crippen LogP) is 4.45. The maximum Gasteiger partial charge on any atom is 0.256 e. The molecule has 8 heteroatoms. The Hall–Kier alpha value is -4.17. The molecule has 1 amide bonds. The van der Waals surface area contributed by atoms with Gasteiger partial charge in [-0.05, 0) is 48.5 Å². The summed E-state index contributed by atoms with van der Waals surface area (Å²) in [6.45, 7) is 3.30. The van der Waals surface area contributed by atoms with Gasteiger partial charge in [-0.1, -0.05) is 35.5 Å². The molecule has 0 saturated carbocycles. The van der Waals surface area contributed by atoms with Crippen LogP contribution in [-0.2, 0) is 6.54 Å². The van der Waals surface area contributed by atoms with Crippen LogP contribution in [0.4, 0.5) is 11.4 Å². The summed E-state index contributed by atoms with van der Waals surface area (Å²) >= 11 is 0. The van der Waals surface area contributed by atoms with Crippen molar-refractivity contribution in [2.45, 2.75) is 6.54 Å². The van der Waals surface area contributed by atoms with Crippen LogP contribution in [0.2, 0.25) is 0 Å². The summed E-state index contributed by atoms with van der Waals surface area (Å²) in [4.78, 5) is 22.0. The third-order valence-corrected chi connectivity index (χ3v) is 6.04. The van der Waals surface area contributed by atoms with E-state index in [4.69, 9.17) is 9.26 Å². The van der Waals surface area contributed by atoms with Crippen LogP contribution < -0.4 is 10.1 Å². The average molecular weight is 470 g/mol. The molecular weight excluding hydrogens is 442 g/mol. The molecule has 1 fully saturated rings. The number of hydrogen-bond acceptors (Lipinski definition) is 7. The van der Waals surface area contributed by atoms with Crippen molar-refractivity contribution < 1.29 is 14.1 Å². The van der Waals surface area contributed by atoms with Crippen LogP contribution in [0.25, 0.3) is 11.4 Å². The highest BCUT2D eigenvalue weighted by Gasteiger charge is 2.25. The lowest BCUT2D eigenvalue weighted by molar-refractivity contribution is 0.0616. The second kappa shape index (κ2) is 10.4. The number of nitrogens with one attached hydrogen (secondary N) is 1. The van der Waals surface area contributed by atoms with Crippen LogP contribution >= 0.6 is 0 Å². The summed E-state index contributed by atoms with van der Waals surface area (Å²) < 4.78 is 10.7. The van der Waals surface area contributed by atoms with E-state index in [0.717, 1.165) is 35.8 Å². The second-order valence-electron chi connectivity index (χ2n) is 8.35. The van der Waals surface area contributed by atoms with E-state index < -0.39 is 0 Å². The van der Waals surface area contributed by atoms with E-state index in [1.54, 1.807) is 7.11 Å². The van der Waals surface area contributed by atoms with Crippen LogP contribution in [0, 0.1) is 0 Å². The number of carbonyl (C=O) groups excluding carboxylic acids is 1. The van der Waals surface area contributed by atoms with Gasteiger partial charge < -0.3 is 19.5 Å². The third-order valence-electron chi connectivity index (χ3n) is 6.04. The highest BCUT2D eigenvalue weighted by Crippen LogP contribution is 2.23. The Morgan fingerprint density at radius 3 is 2.40 bits per heavy atom. The third kappa shape index (κ3) is 5.33. The minimum atomic E-state index is 0.0308. The fraction of sp³-hybridized carbons (Fsp3) is 0.222. The van der Waals surface area contributed by atoms with Crippen molar-refractivity contribution in [2.24, 2.45) is 0 Å². The maximum absolute atomic E-state index is 13.3. The van der Waals surface area contributed by atoms with Gasteiger partial charge in [0.2, 0.25) is 11.7 Å². The largest absolute Gasteiger partial charge is 0.497 e. The van der Waals surface area contributed by atoms with E-state index in [1.807, 2.05) is 83.8 Å². The summed E-state index contributed by atoms with van der Waals surface area (Å²) in [6.07, 6.45) is 0. The number of methoxy groups -OCH3 is 1.